The molecule has 17 heavy (non-hydrogen) atoms. The molecule has 2 aromatic rings. The fourth-order valence-electron chi connectivity index (χ4n) is 1.76. The number of benzene rings is 2. The first kappa shape index (κ1) is 12.6. The third-order valence-electron chi connectivity index (χ3n) is 2.67. The largest absolute Gasteiger partial charge is 0.324 e. The van der Waals surface area contributed by atoms with Crippen LogP contribution in [0.1, 0.15) is 17.2 Å². The van der Waals surface area contributed by atoms with Crippen molar-refractivity contribution in [3.8, 4) is 0 Å². The van der Waals surface area contributed by atoms with Crippen molar-refractivity contribution in [3.63, 3.8) is 0 Å². The lowest BCUT2D eigenvalue weighted by Gasteiger charge is -2.13. The first-order valence-electron chi connectivity index (χ1n) is 5.41. The highest BCUT2D eigenvalue weighted by atomic mass is 79.9. The van der Waals surface area contributed by atoms with Gasteiger partial charge < -0.3 is 5.73 Å². The average Bonchev–Trinajstić information content (AvgIpc) is 2.32. The van der Waals surface area contributed by atoms with E-state index < -0.39 is 0 Å². The zero-order valence-corrected chi connectivity index (χ0v) is 11.6. The van der Waals surface area contributed by atoms with E-state index in [9.17, 15) is 0 Å². The molecule has 1 nitrogen and oxygen atoms in total. The van der Waals surface area contributed by atoms with Gasteiger partial charge in [0.15, 0.2) is 0 Å². The monoisotopic (exact) mass is 309 g/mol. The second-order valence-electron chi connectivity index (χ2n) is 3.96. The highest BCUT2D eigenvalue weighted by Gasteiger charge is 2.09. The molecule has 1 unspecified atom stereocenters. The quantitative estimate of drug-likeness (QED) is 0.896. The average molecular weight is 311 g/mol. The summed E-state index contributed by atoms with van der Waals surface area (Å²) in [5, 5.41) is 0.727. The second kappa shape index (κ2) is 5.67. The van der Waals surface area contributed by atoms with E-state index in [2.05, 4.69) is 22.0 Å². The Kier molecular flexibility index (Phi) is 4.21. The van der Waals surface area contributed by atoms with Crippen molar-refractivity contribution in [2.24, 2.45) is 5.73 Å². The molecule has 0 radical (unpaired) electrons. The van der Waals surface area contributed by atoms with Crippen LogP contribution in [0.3, 0.4) is 0 Å². The van der Waals surface area contributed by atoms with Gasteiger partial charge in [-0.25, -0.2) is 0 Å². The highest BCUT2D eigenvalue weighted by molar-refractivity contribution is 9.10. The third kappa shape index (κ3) is 3.32. The van der Waals surface area contributed by atoms with Crippen molar-refractivity contribution < 1.29 is 0 Å². The van der Waals surface area contributed by atoms with Gasteiger partial charge in [0.1, 0.15) is 0 Å². The predicted octanol–water partition coefficient (Wildman–Crippen LogP) is 4.35. The molecule has 0 aromatic heterocycles. The van der Waals surface area contributed by atoms with Gasteiger partial charge in [-0.05, 0) is 35.7 Å². The lowest BCUT2D eigenvalue weighted by molar-refractivity contribution is 0.720. The Morgan fingerprint density at radius 2 is 1.88 bits per heavy atom. The molecule has 2 aromatic carbocycles. The van der Waals surface area contributed by atoms with Crippen LogP contribution in [0.5, 0.6) is 0 Å². The summed E-state index contributed by atoms with van der Waals surface area (Å²) in [5.74, 6) is 0. The van der Waals surface area contributed by atoms with Crippen molar-refractivity contribution in [1.29, 1.82) is 0 Å². The normalized spacial score (nSPS) is 12.4. The maximum Gasteiger partial charge on any atom is 0.0409 e. The SMILES string of the molecule is NC(Cc1ccccc1Br)c1cccc(Cl)c1. The van der Waals surface area contributed by atoms with Crippen LogP contribution in [0.4, 0.5) is 0 Å². The van der Waals surface area contributed by atoms with Crippen LogP contribution in [0.2, 0.25) is 5.02 Å². The molecule has 3 heteroatoms. The van der Waals surface area contributed by atoms with Gasteiger partial charge >= 0.3 is 0 Å². The van der Waals surface area contributed by atoms with E-state index >= 15 is 0 Å². The van der Waals surface area contributed by atoms with Crippen LogP contribution >= 0.6 is 27.5 Å². The highest BCUT2D eigenvalue weighted by Crippen LogP contribution is 2.23. The van der Waals surface area contributed by atoms with Gasteiger partial charge in [-0.3, -0.25) is 0 Å². The number of hydrogen-bond donors (Lipinski definition) is 1. The molecule has 0 fully saturated rings. The summed E-state index contributed by atoms with van der Waals surface area (Å²) in [7, 11) is 0. The minimum Gasteiger partial charge on any atom is -0.324 e. The zero-order valence-electron chi connectivity index (χ0n) is 9.24. The van der Waals surface area contributed by atoms with E-state index in [0.717, 1.165) is 21.5 Å². The molecular weight excluding hydrogens is 298 g/mol. The van der Waals surface area contributed by atoms with Gasteiger partial charge in [0.05, 0.1) is 0 Å². The number of rotatable bonds is 3. The minimum absolute atomic E-state index is 0.0348. The lowest BCUT2D eigenvalue weighted by atomic mass is 10.00. The maximum absolute atomic E-state index is 6.19. The van der Waals surface area contributed by atoms with Gasteiger partial charge in [-0.1, -0.05) is 57.9 Å². The number of hydrogen-bond acceptors (Lipinski definition) is 1. The van der Waals surface area contributed by atoms with E-state index in [-0.39, 0.29) is 6.04 Å². The van der Waals surface area contributed by atoms with E-state index in [1.807, 2.05) is 42.5 Å². The zero-order chi connectivity index (χ0) is 12.3. The van der Waals surface area contributed by atoms with Crippen LogP contribution in [0.25, 0.3) is 0 Å². The van der Waals surface area contributed by atoms with Crippen molar-refractivity contribution in [2.75, 3.05) is 0 Å². The minimum atomic E-state index is -0.0348. The molecule has 0 saturated heterocycles. The molecule has 88 valence electrons. The molecule has 0 aliphatic heterocycles. The molecule has 2 rings (SSSR count). The van der Waals surface area contributed by atoms with Crippen LogP contribution in [0.15, 0.2) is 53.0 Å². The first-order chi connectivity index (χ1) is 8.16. The summed E-state index contributed by atoms with van der Waals surface area (Å²) < 4.78 is 1.09. The molecule has 0 heterocycles. The molecule has 0 spiro atoms. The van der Waals surface area contributed by atoms with Crippen LogP contribution in [0, 0.1) is 0 Å². The molecule has 0 bridgehead atoms. The molecule has 0 saturated carbocycles. The van der Waals surface area contributed by atoms with E-state index in [0.29, 0.717) is 0 Å². The van der Waals surface area contributed by atoms with Gasteiger partial charge in [-0.15, -0.1) is 0 Å². The topological polar surface area (TPSA) is 26.0 Å². The van der Waals surface area contributed by atoms with Gasteiger partial charge in [0.2, 0.25) is 0 Å². The lowest BCUT2D eigenvalue weighted by Crippen LogP contribution is -2.13. The summed E-state index contributed by atoms with van der Waals surface area (Å²) >= 11 is 9.49. The fraction of sp³-hybridized carbons (Fsp3) is 0.143. The summed E-state index contributed by atoms with van der Waals surface area (Å²) in [6, 6.07) is 15.8. The Labute approximate surface area is 115 Å². The van der Waals surface area contributed by atoms with Gasteiger partial charge in [0, 0.05) is 15.5 Å². The van der Waals surface area contributed by atoms with Gasteiger partial charge in [-0.2, -0.15) is 0 Å². The Hall–Kier alpha value is -0.830. The number of halogens is 2. The van der Waals surface area contributed by atoms with Crippen LogP contribution in [-0.2, 0) is 6.42 Å². The van der Waals surface area contributed by atoms with Crippen molar-refractivity contribution >= 4 is 27.5 Å². The van der Waals surface area contributed by atoms with E-state index in [1.165, 1.54) is 5.56 Å². The summed E-state index contributed by atoms with van der Waals surface area (Å²) in [4.78, 5) is 0. The first-order valence-corrected chi connectivity index (χ1v) is 6.58. The summed E-state index contributed by atoms with van der Waals surface area (Å²) in [6.45, 7) is 0. The molecule has 2 N–H and O–H groups in total. The second-order valence-corrected chi connectivity index (χ2v) is 5.25. The van der Waals surface area contributed by atoms with Crippen LogP contribution in [-0.4, -0.2) is 0 Å². The maximum atomic E-state index is 6.19. The standard InChI is InChI=1S/C14H13BrClN/c15-13-7-2-1-4-10(13)9-14(17)11-5-3-6-12(16)8-11/h1-8,14H,9,17H2. The smallest absolute Gasteiger partial charge is 0.0409 e. The van der Waals surface area contributed by atoms with Gasteiger partial charge in [0.25, 0.3) is 0 Å². The fourth-order valence-corrected chi connectivity index (χ4v) is 2.40. The van der Waals surface area contributed by atoms with Crippen molar-refractivity contribution in [3.05, 3.63) is 69.2 Å². The number of nitrogens with two attached hydrogens (primary N) is 1. The summed E-state index contributed by atoms with van der Waals surface area (Å²) in [6.07, 6.45) is 0.793. The Bertz CT molecular complexity index is 513. The van der Waals surface area contributed by atoms with Crippen molar-refractivity contribution in [1.82, 2.24) is 0 Å². The Balaban J connectivity index is 2.17. The van der Waals surface area contributed by atoms with Crippen LogP contribution < -0.4 is 5.73 Å². The van der Waals surface area contributed by atoms with Crippen molar-refractivity contribution in [2.45, 2.75) is 12.5 Å². The summed E-state index contributed by atoms with van der Waals surface area (Å²) in [5.41, 5.74) is 8.46. The molecule has 1 atom stereocenters. The molecule has 0 aliphatic rings. The molecular formula is C14H13BrClN. The molecule has 0 aliphatic carbocycles. The van der Waals surface area contributed by atoms with E-state index in [4.69, 9.17) is 17.3 Å². The van der Waals surface area contributed by atoms with E-state index in [1.54, 1.807) is 0 Å². The molecule has 0 amide bonds. The Morgan fingerprint density at radius 1 is 1.12 bits per heavy atom. The third-order valence-corrected chi connectivity index (χ3v) is 3.68. The predicted molar refractivity (Wildman–Crippen MR) is 76.2 cm³/mol. The Morgan fingerprint density at radius 3 is 2.59 bits per heavy atom.